The fourth-order valence-corrected chi connectivity index (χ4v) is 5.59. The monoisotopic (exact) mass is 541 g/mol. The molecule has 4 aromatic carbocycles. The third kappa shape index (κ3) is 6.23. The Bertz CT molecular complexity index is 1130. The Balaban J connectivity index is 0.00000136. The SMILES string of the molecule is [Cl-].[Cl-].[Cl-].[Ti+3].c1ccc(-c2[pH]c(-c3ccccc3)c(-c3ccccc3)c2-c2ccccc2)cc1. The van der Waals surface area contributed by atoms with Crippen LogP contribution in [-0.2, 0) is 21.7 Å². The third-order valence-corrected chi connectivity index (χ3v) is 6.83. The molecule has 1 aromatic heterocycles. The van der Waals surface area contributed by atoms with Gasteiger partial charge in [0.15, 0.2) is 0 Å². The summed E-state index contributed by atoms with van der Waals surface area (Å²) in [6.07, 6.45) is 0. The smallest absolute Gasteiger partial charge is 1.00 e. The molecule has 0 atom stereocenters. The number of hydrogen-bond acceptors (Lipinski definition) is 0. The van der Waals surface area contributed by atoms with Gasteiger partial charge in [-0.2, -0.15) is 0 Å². The molecule has 0 saturated carbocycles. The fourth-order valence-electron chi connectivity index (χ4n) is 3.93. The van der Waals surface area contributed by atoms with Crippen molar-refractivity contribution in [1.29, 1.82) is 0 Å². The van der Waals surface area contributed by atoms with Crippen LogP contribution in [0.5, 0.6) is 0 Å². The molecule has 1 heterocycles. The van der Waals surface area contributed by atoms with Gasteiger partial charge in [-0.25, -0.2) is 0 Å². The summed E-state index contributed by atoms with van der Waals surface area (Å²) in [7, 11) is 0.617. The van der Waals surface area contributed by atoms with Crippen molar-refractivity contribution >= 4 is 8.19 Å². The quantitative estimate of drug-likeness (QED) is 0.266. The second-order valence-corrected chi connectivity index (χ2v) is 8.34. The van der Waals surface area contributed by atoms with Crippen LogP contribution in [0, 0.1) is 0 Å². The van der Waals surface area contributed by atoms with Crippen molar-refractivity contribution in [1.82, 2.24) is 0 Å². The van der Waals surface area contributed by atoms with Crippen molar-refractivity contribution in [2.24, 2.45) is 0 Å². The summed E-state index contributed by atoms with van der Waals surface area (Å²) < 4.78 is 0. The molecule has 0 bridgehead atoms. The van der Waals surface area contributed by atoms with Crippen LogP contribution >= 0.6 is 8.19 Å². The summed E-state index contributed by atoms with van der Waals surface area (Å²) in [4.78, 5) is 0. The molecule has 0 aliphatic carbocycles. The minimum absolute atomic E-state index is 0. The Morgan fingerprint density at radius 3 is 0.848 bits per heavy atom. The van der Waals surface area contributed by atoms with E-state index in [-0.39, 0.29) is 58.9 Å². The minimum atomic E-state index is 0. The van der Waals surface area contributed by atoms with E-state index < -0.39 is 0 Å². The summed E-state index contributed by atoms with van der Waals surface area (Å²) in [5.41, 5.74) is 7.90. The van der Waals surface area contributed by atoms with Crippen LogP contribution in [-0.4, -0.2) is 0 Å². The first kappa shape index (κ1) is 29.3. The average molecular weight is 543 g/mol. The molecule has 0 unspecified atom stereocenters. The van der Waals surface area contributed by atoms with Gasteiger partial charge in [0.1, 0.15) is 0 Å². The van der Waals surface area contributed by atoms with Crippen molar-refractivity contribution in [3.05, 3.63) is 121 Å². The molecule has 0 spiro atoms. The summed E-state index contributed by atoms with van der Waals surface area (Å²) in [6, 6.07) is 43.4. The number of hydrogen-bond donors (Lipinski definition) is 0. The molecule has 5 aromatic rings. The molecule has 5 heteroatoms. The number of benzene rings is 4. The fraction of sp³-hybridized carbons (Fsp3) is 0. The van der Waals surface area contributed by atoms with Gasteiger partial charge in [0.05, 0.1) is 0 Å². The van der Waals surface area contributed by atoms with E-state index in [0.717, 1.165) is 0 Å². The Morgan fingerprint density at radius 2 is 0.576 bits per heavy atom. The summed E-state index contributed by atoms with van der Waals surface area (Å²) >= 11 is 0. The predicted octanol–water partition coefficient (Wildman–Crippen LogP) is -0.605. The van der Waals surface area contributed by atoms with Gasteiger partial charge in [0, 0.05) is 21.7 Å². The Labute approximate surface area is 231 Å². The van der Waals surface area contributed by atoms with Crippen molar-refractivity contribution < 1.29 is 58.9 Å². The first-order valence-electron chi connectivity index (χ1n) is 9.89. The first-order chi connectivity index (χ1) is 14.4. The van der Waals surface area contributed by atoms with Crippen LogP contribution in [0.4, 0.5) is 0 Å². The standard InChI is InChI=1S/C28H21P.3ClH.Ti/c1-5-13-21(14-6-1)25-26(22-15-7-2-8-16-22)28(24-19-11-4-12-20-24)29-27(25)23-17-9-3-10-18-23;;;;/h1-20,29H;3*1H;/q;;;;+3/p-3. The van der Waals surface area contributed by atoms with Crippen LogP contribution in [0.3, 0.4) is 0 Å². The summed E-state index contributed by atoms with van der Waals surface area (Å²) in [5, 5.41) is 2.85. The molecule has 33 heavy (non-hydrogen) atoms. The largest absolute Gasteiger partial charge is 3.00 e. The third-order valence-electron chi connectivity index (χ3n) is 5.25. The normalized spacial score (nSPS) is 9.45. The summed E-state index contributed by atoms with van der Waals surface area (Å²) in [6.45, 7) is 0. The molecule has 0 saturated heterocycles. The topological polar surface area (TPSA) is 0 Å². The molecular formula is C28H21Cl3PTi. The van der Waals surface area contributed by atoms with Crippen LogP contribution < -0.4 is 37.2 Å². The second-order valence-electron chi connectivity index (χ2n) is 7.09. The van der Waals surface area contributed by atoms with Crippen molar-refractivity contribution in [2.45, 2.75) is 0 Å². The van der Waals surface area contributed by atoms with Crippen LogP contribution in [0.25, 0.3) is 44.0 Å². The molecule has 0 aliphatic rings. The van der Waals surface area contributed by atoms with Crippen molar-refractivity contribution in [2.75, 3.05) is 0 Å². The molecule has 5 rings (SSSR count). The van der Waals surface area contributed by atoms with Gasteiger partial charge >= 0.3 is 21.7 Å². The van der Waals surface area contributed by atoms with E-state index in [9.17, 15) is 0 Å². The van der Waals surface area contributed by atoms with E-state index in [0.29, 0.717) is 8.19 Å². The van der Waals surface area contributed by atoms with Gasteiger partial charge in [-0.1, -0.05) is 121 Å². The van der Waals surface area contributed by atoms with Crippen molar-refractivity contribution in [3.63, 3.8) is 0 Å². The molecular weight excluding hydrogens is 522 g/mol. The molecule has 1 radical (unpaired) electrons. The van der Waals surface area contributed by atoms with Gasteiger partial charge in [-0.3, -0.25) is 0 Å². The van der Waals surface area contributed by atoms with E-state index in [1.54, 1.807) is 0 Å². The second kappa shape index (κ2) is 13.8. The summed E-state index contributed by atoms with van der Waals surface area (Å²) in [5.74, 6) is 0. The Hall–Kier alpha value is -1.76. The molecule has 163 valence electrons. The maximum Gasteiger partial charge on any atom is 3.00 e. The van der Waals surface area contributed by atoms with Gasteiger partial charge < -0.3 is 37.2 Å². The molecule has 0 aliphatic heterocycles. The average Bonchev–Trinajstić information content (AvgIpc) is 3.22. The molecule has 0 fully saturated rings. The van der Waals surface area contributed by atoms with Crippen LogP contribution in [0.1, 0.15) is 0 Å². The number of rotatable bonds is 4. The Morgan fingerprint density at radius 1 is 0.333 bits per heavy atom. The van der Waals surface area contributed by atoms with Gasteiger partial charge in [-0.15, -0.1) is 8.19 Å². The van der Waals surface area contributed by atoms with Gasteiger partial charge in [-0.05, 0) is 22.3 Å². The van der Waals surface area contributed by atoms with Gasteiger partial charge in [0.2, 0.25) is 0 Å². The zero-order valence-electron chi connectivity index (χ0n) is 17.7. The van der Waals surface area contributed by atoms with Crippen LogP contribution in [0.15, 0.2) is 121 Å². The minimum Gasteiger partial charge on any atom is -1.00 e. The van der Waals surface area contributed by atoms with E-state index >= 15 is 0 Å². The van der Waals surface area contributed by atoms with E-state index in [4.69, 9.17) is 0 Å². The number of halogens is 3. The predicted molar refractivity (Wildman–Crippen MR) is 128 cm³/mol. The maximum absolute atomic E-state index is 2.24. The molecule has 0 nitrogen and oxygen atoms in total. The van der Waals surface area contributed by atoms with Crippen LogP contribution in [0.2, 0.25) is 0 Å². The van der Waals surface area contributed by atoms with Crippen molar-refractivity contribution in [3.8, 4) is 44.0 Å². The molecule has 0 amide bonds. The van der Waals surface area contributed by atoms with Gasteiger partial charge in [0.25, 0.3) is 0 Å². The zero-order valence-corrected chi connectivity index (χ0v) is 22.5. The zero-order chi connectivity index (χ0) is 19.5. The maximum atomic E-state index is 2.24. The Kier molecular flexibility index (Phi) is 12.3. The van der Waals surface area contributed by atoms with E-state index in [1.807, 2.05) is 0 Å². The molecule has 0 N–H and O–H groups in total. The first-order valence-corrected chi connectivity index (χ1v) is 10.9. The van der Waals surface area contributed by atoms with E-state index in [2.05, 4.69) is 121 Å². The van der Waals surface area contributed by atoms with E-state index in [1.165, 1.54) is 44.0 Å².